The predicted octanol–water partition coefficient (Wildman–Crippen LogP) is 5.80. The van der Waals surface area contributed by atoms with E-state index in [4.69, 9.17) is 4.74 Å². The van der Waals surface area contributed by atoms with Crippen LogP contribution in [0.4, 0.5) is 4.39 Å². The van der Waals surface area contributed by atoms with Crippen LogP contribution in [-0.4, -0.2) is 0 Å². The van der Waals surface area contributed by atoms with Crippen LogP contribution in [0, 0.1) is 5.82 Å². The van der Waals surface area contributed by atoms with Crippen molar-refractivity contribution in [1.29, 1.82) is 0 Å². The quantitative estimate of drug-likeness (QED) is 0.558. The lowest BCUT2D eigenvalue weighted by molar-refractivity contribution is 0.0722. The standard InChI is InChI=1S/C22H19FO/c23-21-13-7-10-19(16-21)17-24-22(20-11-5-2-6-12-20)15-14-18-8-3-1-4-9-18/h1-16,22H,17H2/b15-14+/t22-/m0/s1. The molecule has 1 atom stereocenters. The van der Waals surface area contributed by atoms with Crippen LogP contribution in [0.5, 0.6) is 0 Å². The summed E-state index contributed by atoms with van der Waals surface area (Å²) in [5.74, 6) is -0.243. The lowest BCUT2D eigenvalue weighted by Crippen LogP contribution is -2.02. The highest BCUT2D eigenvalue weighted by Gasteiger charge is 2.08. The molecule has 0 aliphatic heterocycles. The highest BCUT2D eigenvalue weighted by atomic mass is 19.1. The SMILES string of the molecule is Fc1cccc(CO[C@@H](/C=C/c2ccccc2)c2ccccc2)c1. The zero-order valence-electron chi connectivity index (χ0n) is 13.3. The zero-order chi connectivity index (χ0) is 16.6. The Morgan fingerprint density at radius 1 is 0.833 bits per heavy atom. The van der Waals surface area contributed by atoms with Gasteiger partial charge in [-0.1, -0.05) is 84.9 Å². The van der Waals surface area contributed by atoms with Gasteiger partial charge in [0.1, 0.15) is 11.9 Å². The van der Waals surface area contributed by atoms with Gasteiger partial charge in [0.15, 0.2) is 0 Å². The molecule has 1 nitrogen and oxygen atoms in total. The summed E-state index contributed by atoms with van der Waals surface area (Å²) in [5, 5.41) is 0. The van der Waals surface area contributed by atoms with Gasteiger partial charge < -0.3 is 4.74 Å². The van der Waals surface area contributed by atoms with E-state index in [1.807, 2.05) is 78.9 Å². The summed E-state index contributed by atoms with van der Waals surface area (Å²) in [6.07, 6.45) is 3.89. The van der Waals surface area contributed by atoms with Gasteiger partial charge in [0.25, 0.3) is 0 Å². The lowest BCUT2D eigenvalue weighted by Gasteiger charge is -2.15. The molecule has 0 heterocycles. The Morgan fingerprint density at radius 2 is 1.54 bits per heavy atom. The monoisotopic (exact) mass is 318 g/mol. The van der Waals surface area contributed by atoms with Crippen LogP contribution in [-0.2, 0) is 11.3 Å². The van der Waals surface area contributed by atoms with Crippen LogP contribution in [0.1, 0.15) is 22.8 Å². The van der Waals surface area contributed by atoms with E-state index in [9.17, 15) is 4.39 Å². The van der Waals surface area contributed by atoms with Crippen molar-refractivity contribution < 1.29 is 9.13 Å². The van der Waals surface area contributed by atoms with Crippen molar-refractivity contribution in [3.8, 4) is 0 Å². The molecule has 0 bridgehead atoms. The molecule has 0 N–H and O–H groups in total. The highest BCUT2D eigenvalue weighted by molar-refractivity contribution is 5.50. The number of hydrogen-bond acceptors (Lipinski definition) is 1. The minimum absolute atomic E-state index is 0.185. The summed E-state index contributed by atoms with van der Waals surface area (Å²) >= 11 is 0. The molecule has 3 aromatic rings. The van der Waals surface area contributed by atoms with Gasteiger partial charge in [0, 0.05) is 0 Å². The molecule has 0 spiro atoms. The predicted molar refractivity (Wildman–Crippen MR) is 95.8 cm³/mol. The third-order valence-electron chi connectivity index (χ3n) is 3.71. The molecule has 0 amide bonds. The van der Waals surface area contributed by atoms with Crippen molar-refractivity contribution in [3.05, 3.63) is 114 Å². The van der Waals surface area contributed by atoms with E-state index < -0.39 is 0 Å². The van der Waals surface area contributed by atoms with Gasteiger partial charge in [-0.25, -0.2) is 4.39 Å². The first-order chi connectivity index (χ1) is 11.8. The van der Waals surface area contributed by atoms with Gasteiger partial charge in [-0.05, 0) is 28.8 Å². The van der Waals surface area contributed by atoms with Gasteiger partial charge >= 0.3 is 0 Å². The maximum atomic E-state index is 13.3. The normalized spacial score (nSPS) is 12.4. The Balaban J connectivity index is 1.76. The Morgan fingerprint density at radius 3 is 2.25 bits per heavy atom. The molecular formula is C22H19FO. The van der Waals surface area contributed by atoms with Crippen LogP contribution in [0.15, 0.2) is 91.0 Å². The van der Waals surface area contributed by atoms with Crippen LogP contribution in [0.2, 0.25) is 0 Å². The maximum absolute atomic E-state index is 13.3. The molecule has 120 valence electrons. The summed E-state index contributed by atoms with van der Waals surface area (Å²) in [6, 6.07) is 26.6. The highest BCUT2D eigenvalue weighted by Crippen LogP contribution is 2.22. The zero-order valence-corrected chi connectivity index (χ0v) is 13.3. The van der Waals surface area contributed by atoms with Gasteiger partial charge in [-0.2, -0.15) is 0 Å². The van der Waals surface area contributed by atoms with E-state index in [1.165, 1.54) is 12.1 Å². The molecule has 0 saturated heterocycles. The lowest BCUT2D eigenvalue weighted by atomic mass is 10.1. The topological polar surface area (TPSA) is 9.23 Å². The summed E-state index contributed by atoms with van der Waals surface area (Å²) < 4.78 is 19.4. The second kappa shape index (κ2) is 8.23. The van der Waals surface area contributed by atoms with Crippen LogP contribution < -0.4 is 0 Å². The van der Waals surface area contributed by atoms with Crippen molar-refractivity contribution in [3.63, 3.8) is 0 Å². The minimum atomic E-state index is -0.243. The molecule has 3 rings (SSSR count). The first-order valence-corrected chi connectivity index (χ1v) is 7.95. The number of ether oxygens (including phenoxy) is 1. The summed E-state index contributed by atoms with van der Waals surface area (Å²) in [4.78, 5) is 0. The van der Waals surface area contributed by atoms with E-state index in [-0.39, 0.29) is 11.9 Å². The Bertz CT molecular complexity index is 781. The number of hydrogen-bond donors (Lipinski definition) is 0. The Hall–Kier alpha value is -2.71. The molecule has 0 radical (unpaired) electrons. The van der Waals surface area contributed by atoms with E-state index in [0.29, 0.717) is 6.61 Å². The van der Waals surface area contributed by atoms with Gasteiger partial charge in [0.2, 0.25) is 0 Å². The fourth-order valence-electron chi connectivity index (χ4n) is 2.48. The summed E-state index contributed by atoms with van der Waals surface area (Å²) in [7, 11) is 0. The smallest absolute Gasteiger partial charge is 0.123 e. The molecule has 0 saturated carbocycles. The number of rotatable bonds is 6. The van der Waals surface area contributed by atoms with E-state index >= 15 is 0 Å². The van der Waals surface area contributed by atoms with Crippen LogP contribution in [0.25, 0.3) is 6.08 Å². The molecular weight excluding hydrogens is 299 g/mol. The molecule has 2 heteroatoms. The molecule has 24 heavy (non-hydrogen) atoms. The fraction of sp³-hybridized carbons (Fsp3) is 0.0909. The first kappa shape index (κ1) is 16.2. The average Bonchev–Trinajstić information content (AvgIpc) is 2.63. The van der Waals surface area contributed by atoms with Crippen molar-refractivity contribution in [2.24, 2.45) is 0 Å². The van der Waals surface area contributed by atoms with Gasteiger partial charge in [-0.15, -0.1) is 0 Å². The Labute approximate surface area is 142 Å². The second-order valence-corrected chi connectivity index (χ2v) is 5.54. The van der Waals surface area contributed by atoms with Gasteiger partial charge in [0.05, 0.1) is 6.61 Å². The molecule has 0 fully saturated rings. The van der Waals surface area contributed by atoms with Crippen molar-refractivity contribution >= 4 is 6.08 Å². The third kappa shape index (κ3) is 4.64. The van der Waals surface area contributed by atoms with Crippen molar-refractivity contribution in [2.75, 3.05) is 0 Å². The fourth-order valence-corrected chi connectivity index (χ4v) is 2.48. The summed E-state index contributed by atoms with van der Waals surface area (Å²) in [6.45, 7) is 0.358. The largest absolute Gasteiger partial charge is 0.365 e. The third-order valence-corrected chi connectivity index (χ3v) is 3.71. The average molecular weight is 318 g/mol. The van der Waals surface area contributed by atoms with Crippen molar-refractivity contribution in [2.45, 2.75) is 12.7 Å². The second-order valence-electron chi connectivity index (χ2n) is 5.54. The van der Waals surface area contributed by atoms with Crippen molar-refractivity contribution in [1.82, 2.24) is 0 Å². The van der Waals surface area contributed by atoms with E-state index in [1.54, 1.807) is 6.07 Å². The Kier molecular flexibility index (Phi) is 5.54. The molecule has 0 aliphatic rings. The maximum Gasteiger partial charge on any atom is 0.123 e. The van der Waals surface area contributed by atoms with Gasteiger partial charge in [-0.3, -0.25) is 0 Å². The number of benzene rings is 3. The van der Waals surface area contributed by atoms with E-state index in [2.05, 4.69) is 0 Å². The van der Waals surface area contributed by atoms with Crippen LogP contribution in [0.3, 0.4) is 0 Å². The van der Waals surface area contributed by atoms with E-state index in [0.717, 1.165) is 16.7 Å². The number of halogens is 1. The first-order valence-electron chi connectivity index (χ1n) is 7.95. The molecule has 0 unspecified atom stereocenters. The molecule has 0 aromatic heterocycles. The molecule has 3 aromatic carbocycles. The molecule has 0 aliphatic carbocycles. The van der Waals surface area contributed by atoms with Crippen LogP contribution >= 0.6 is 0 Å². The summed E-state index contributed by atoms with van der Waals surface area (Å²) in [5.41, 5.74) is 3.01. The minimum Gasteiger partial charge on any atom is -0.365 e.